The Morgan fingerprint density at radius 3 is 2.83 bits per heavy atom. The molecule has 2 aromatic heterocycles. The molecule has 160 valence electrons. The molecule has 0 amide bonds. The molecule has 2 aromatic rings. The molecule has 1 saturated heterocycles. The Morgan fingerprint density at radius 1 is 1.34 bits per heavy atom. The topological polar surface area (TPSA) is 70.4 Å². The van der Waals surface area contributed by atoms with E-state index >= 15 is 0 Å². The average molecular weight is 436 g/mol. The van der Waals surface area contributed by atoms with E-state index in [1.165, 1.54) is 5.56 Å². The first-order chi connectivity index (χ1) is 14.2. The lowest BCUT2D eigenvalue weighted by molar-refractivity contribution is 0.198. The van der Waals surface area contributed by atoms with E-state index in [9.17, 15) is 0 Å². The van der Waals surface area contributed by atoms with Crippen LogP contribution in [0.25, 0.3) is 0 Å². The molecule has 3 heterocycles. The van der Waals surface area contributed by atoms with Crippen molar-refractivity contribution in [1.29, 1.82) is 0 Å². The lowest BCUT2D eigenvalue weighted by Crippen LogP contribution is -2.48. The zero-order valence-corrected chi connectivity index (χ0v) is 19.4. The highest BCUT2D eigenvalue weighted by atomic mass is 32.2. The van der Waals surface area contributed by atoms with Crippen molar-refractivity contribution in [2.75, 3.05) is 31.6 Å². The molecular formula is C20H33N7S2. The van der Waals surface area contributed by atoms with Gasteiger partial charge in [0.1, 0.15) is 12.4 Å². The van der Waals surface area contributed by atoms with Crippen LogP contribution >= 0.6 is 23.1 Å². The summed E-state index contributed by atoms with van der Waals surface area (Å²) < 4.78 is 2.00. The highest BCUT2D eigenvalue weighted by Crippen LogP contribution is 2.15. The summed E-state index contributed by atoms with van der Waals surface area (Å²) in [5.74, 6) is 3.85. The summed E-state index contributed by atoms with van der Waals surface area (Å²) in [6, 6.07) is 2.69. The molecule has 7 nitrogen and oxygen atoms in total. The summed E-state index contributed by atoms with van der Waals surface area (Å²) in [7, 11) is 1.99. The zero-order valence-electron chi connectivity index (χ0n) is 17.7. The predicted octanol–water partition coefficient (Wildman–Crippen LogP) is 2.64. The maximum atomic E-state index is 4.79. The Morgan fingerprint density at radius 2 is 2.17 bits per heavy atom. The lowest BCUT2D eigenvalue weighted by Gasteiger charge is -2.33. The van der Waals surface area contributed by atoms with Crippen molar-refractivity contribution >= 4 is 29.1 Å². The summed E-state index contributed by atoms with van der Waals surface area (Å²) in [6.45, 7) is 6.73. The zero-order chi connectivity index (χ0) is 20.5. The minimum atomic E-state index is 0.460. The Hall–Kier alpha value is -1.58. The number of hydrogen-bond donors (Lipinski definition) is 2. The third kappa shape index (κ3) is 7.01. The molecule has 1 aliphatic heterocycles. The number of thioether (sulfide) groups is 1. The molecule has 9 heteroatoms. The van der Waals surface area contributed by atoms with Gasteiger partial charge in [0.2, 0.25) is 0 Å². The number of aliphatic imine (C=N–C) groups is 1. The minimum absolute atomic E-state index is 0.460. The molecule has 0 radical (unpaired) electrons. The number of piperidine rings is 1. The summed E-state index contributed by atoms with van der Waals surface area (Å²) >= 11 is 3.66. The number of hydrogen-bond acceptors (Lipinski definition) is 6. The quantitative estimate of drug-likeness (QED) is 0.358. The summed E-state index contributed by atoms with van der Waals surface area (Å²) in [6.07, 6.45) is 5.55. The van der Waals surface area contributed by atoms with Crippen molar-refractivity contribution in [2.45, 2.75) is 45.3 Å². The van der Waals surface area contributed by atoms with E-state index in [-0.39, 0.29) is 0 Å². The first kappa shape index (κ1) is 22.1. The van der Waals surface area contributed by atoms with E-state index in [0.29, 0.717) is 12.6 Å². The van der Waals surface area contributed by atoms with Crippen LogP contribution in [0.5, 0.6) is 0 Å². The molecule has 0 atom stereocenters. The van der Waals surface area contributed by atoms with Crippen molar-refractivity contribution in [3.63, 3.8) is 0 Å². The van der Waals surface area contributed by atoms with E-state index in [2.05, 4.69) is 48.8 Å². The fourth-order valence-electron chi connectivity index (χ4n) is 3.38. The monoisotopic (exact) mass is 435 g/mol. The smallest absolute Gasteiger partial charge is 0.191 e. The fraction of sp³-hybridized carbons (Fsp3) is 0.650. The molecule has 0 bridgehead atoms. The first-order valence-corrected chi connectivity index (χ1v) is 12.6. The Balaban J connectivity index is 1.52. The fourth-order valence-corrected chi connectivity index (χ4v) is 4.48. The second-order valence-electron chi connectivity index (χ2n) is 7.49. The van der Waals surface area contributed by atoms with Crippen LogP contribution in [-0.2, 0) is 20.1 Å². The molecule has 0 aliphatic carbocycles. The van der Waals surface area contributed by atoms with E-state index < -0.39 is 0 Å². The third-order valence-electron chi connectivity index (χ3n) is 5.29. The average Bonchev–Trinajstić information content (AvgIpc) is 3.35. The second-order valence-corrected chi connectivity index (χ2v) is 9.25. The van der Waals surface area contributed by atoms with Gasteiger partial charge >= 0.3 is 0 Å². The van der Waals surface area contributed by atoms with Crippen LogP contribution in [-0.4, -0.2) is 63.3 Å². The molecule has 0 saturated carbocycles. The predicted molar refractivity (Wildman–Crippen MR) is 124 cm³/mol. The van der Waals surface area contributed by atoms with Gasteiger partial charge in [0, 0.05) is 39.3 Å². The summed E-state index contributed by atoms with van der Waals surface area (Å²) in [5, 5.41) is 19.9. The van der Waals surface area contributed by atoms with Gasteiger partial charge in [-0.15, -0.1) is 10.2 Å². The summed E-state index contributed by atoms with van der Waals surface area (Å²) in [4.78, 5) is 7.34. The number of aryl methyl sites for hydroxylation is 1. The number of aromatic nitrogens is 3. The Kier molecular flexibility index (Phi) is 8.82. The van der Waals surface area contributed by atoms with Crippen LogP contribution in [0.15, 0.2) is 21.8 Å². The minimum Gasteiger partial charge on any atom is -0.356 e. The van der Waals surface area contributed by atoms with E-state index in [1.54, 1.807) is 11.3 Å². The van der Waals surface area contributed by atoms with Gasteiger partial charge in [0.15, 0.2) is 11.8 Å². The standard InChI is InChI=1S/C20H33N7S2/c1-16-24-25-19(26(16)2)13-22-20(21-8-4-11-28-3)23-18-5-9-27(10-6-18)14-17-7-12-29-15-17/h7,12,15,18H,4-6,8-11,13-14H2,1-3H3,(H2,21,22,23). The highest BCUT2D eigenvalue weighted by Gasteiger charge is 2.20. The molecule has 3 rings (SSSR count). The van der Waals surface area contributed by atoms with Gasteiger partial charge in [0.25, 0.3) is 0 Å². The van der Waals surface area contributed by atoms with Gasteiger partial charge in [-0.3, -0.25) is 4.90 Å². The van der Waals surface area contributed by atoms with Crippen LogP contribution in [0.4, 0.5) is 0 Å². The van der Waals surface area contributed by atoms with Crippen molar-refractivity contribution in [2.24, 2.45) is 12.0 Å². The van der Waals surface area contributed by atoms with Crippen molar-refractivity contribution in [3.05, 3.63) is 34.0 Å². The van der Waals surface area contributed by atoms with Gasteiger partial charge in [-0.05, 0) is 60.6 Å². The van der Waals surface area contributed by atoms with E-state index in [4.69, 9.17) is 4.99 Å². The van der Waals surface area contributed by atoms with Crippen LogP contribution in [0.1, 0.15) is 36.5 Å². The molecule has 0 unspecified atom stereocenters. The maximum absolute atomic E-state index is 4.79. The van der Waals surface area contributed by atoms with Crippen molar-refractivity contribution < 1.29 is 0 Å². The number of nitrogens with zero attached hydrogens (tertiary/aromatic N) is 5. The van der Waals surface area contributed by atoms with Gasteiger partial charge in [-0.25, -0.2) is 4.99 Å². The van der Waals surface area contributed by atoms with Crippen LogP contribution < -0.4 is 10.6 Å². The summed E-state index contributed by atoms with van der Waals surface area (Å²) in [5.41, 5.74) is 1.43. The van der Waals surface area contributed by atoms with Gasteiger partial charge in [0.05, 0.1) is 0 Å². The number of guanidine groups is 1. The van der Waals surface area contributed by atoms with Gasteiger partial charge in [-0.2, -0.15) is 23.1 Å². The van der Waals surface area contributed by atoms with Crippen LogP contribution in [0, 0.1) is 6.92 Å². The van der Waals surface area contributed by atoms with E-state index in [1.807, 2.05) is 30.3 Å². The SMILES string of the molecule is CSCCCNC(=NCc1nnc(C)n1C)NC1CCN(Cc2ccsc2)CC1. The first-order valence-electron chi connectivity index (χ1n) is 10.3. The van der Waals surface area contributed by atoms with Crippen LogP contribution in [0.3, 0.4) is 0 Å². The van der Waals surface area contributed by atoms with E-state index in [0.717, 1.165) is 68.8 Å². The molecule has 0 spiro atoms. The number of likely N-dealkylation sites (tertiary alicyclic amines) is 1. The molecule has 0 aromatic carbocycles. The molecule has 2 N–H and O–H groups in total. The highest BCUT2D eigenvalue weighted by molar-refractivity contribution is 7.98. The van der Waals surface area contributed by atoms with Gasteiger partial charge in [-0.1, -0.05) is 0 Å². The maximum Gasteiger partial charge on any atom is 0.191 e. The third-order valence-corrected chi connectivity index (χ3v) is 6.72. The lowest BCUT2D eigenvalue weighted by atomic mass is 10.0. The van der Waals surface area contributed by atoms with Crippen molar-refractivity contribution in [3.8, 4) is 0 Å². The Labute approximate surface area is 182 Å². The molecule has 29 heavy (non-hydrogen) atoms. The number of rotatable bonds is 9. The van der Waals surface area contributed by atoms with Crippen LogP contribution in [0.2, 0.25) is 0 Å². The normalized spacial score (nSPS) is 16.3. The second kappa shape index (κ2) is 11.6. The Bertz CT molecular complexity index is 749. The molecule has 1 fully saturated rings. The number of thiophene rings is 1. The largest absolute Gasteiger partial charge is 0.356 e. The van der Waals surface area contributed by atoms with Gasteiger partial charge < -0.3 is 15.2 Å². The molecular weight excluding hydrogens is 402 g/mol. The van der Waals surface area contributed by atoms with Crippen molar-refractivity contribution in [1.82, 2.24) is 30.3 Å². The molecule has 1 aliphatic rings. The number of nitrogens with one attached hydrogen (secondary N) is 2.